The van der Waals surface area contributed by atoms with Crippen molar-refractivity contribution in [2.75, 3.05) is 50.0 Å². The summed E-state index contributed by atoms with van der Waals surface area (Å²) in [5, 5.41) is 18.5. The Balaban J connectivity index is 1.44. The second-order valence-electron chi connectivity index (χ2n) is 13.8. The molecule has 52 heavy (non-hydrogen) atoms. The fourth-order valence-corrected chi connectivity index (χ4v) is 9.08. The van der Waals surface area contributed by atoms with Crippen molar-refractivity contribution >= 4 is 49.1 Å². The molecule has 0 saturated carbocycles. The lowest BCUT2D eigenvalue weighted by Crippen LogP contribution is -2.58. The number of piperazine rings is 1. The molecule has 3 aliphatic heterocycles. The summed E-state index contributed by atoms with van der Waals surface area (Å²) in [6.07, 6.45) is -4.64. The van der Waals surface area contributed by atoms with Gasteiger partial charge in [-0.15, -0.1) is 11.3 Å². The summed E-state index contributed by atoms with van der Waals surface area (Å²) in [4.78, 5) is 26.9. The van der Waals surface area contributed by atoms with Crippen LogP contribution < -0.4 is 15.4 Å². The van der Waals surface area contributed by atoms with E-state index in [2.05, 4.69) is 9.97 Å². The lowest BCUT2D eigenvalue weighted by atomic mass is 9.92. The second-order valence-corrected chi connectivity index (χ2v) is 14.9. The molecule has 3 fully saturated rings. The Bertz CT molecular complexity index is 2120. The van der Waals surface area contributed by atoms with Gasteiger partial charge in [-0.05, 0) is 50.9 Å². The van der Waals surface area contributed by atoms with Gasteiger partial charge in [0, 0.05) is 60.9 Å². The first-order chi connectivity index (χ1) is 24.7. The van der Waals surface area contributed by atoms with Crippen molar-refractivity contribution < 1.29 is 41.0 Å². The van der Waals surface area contributed by atoms with Gasteiger partial charge in [-0.2, -0.15) is 28.4 Å². The van der Waals surface area contributed by atoms with Crippen molar-refractivity contribution in [3.63, 3.8) is 0 Å². The van der Waals surface area contributed by atoms with Crippen LogP contribution in [0.4, 0.5) is 37.2 Å². The number of carbonyl (C=O) groups excluding carboxylic acids is 1. The zero-order chi connectivity index (χ0) is 37.3. The molecule has 4 aromatic rings. The molecule has 4 atom stereocenters. The highest BCUT2D eigenvalue weighted by atomic mass is 32.1. The number of carbonyl (C=O) groups is 1. The Morgan fingerprint density at radius 2 is 1.96 bits per heavy atom. The Morgan fingerprint density at radius 1 is 1.19 bits per heavy atom. The number of nitriles is 1. The van der Waals surface area contributed by atoms with Gasteiger partial charge in [0.2, 0.25) is 5.91 Å². The third-order valence-corrected chi connectivity index (χ3v) is 11.6. The van der Waals surface area contributed by atoms with Gasteiger partial charge in [0.25, 0.3) is 0 Å². The van der Waals surface area contributed by atoms with Gasteiger partial charge >= 0.3 is 12.2 Å². The molecule has 276 valence electrons. The number of rotatable bonds is 7. The van der Waals surface area contributed by atoms with Crippen molar-refractivity contribution in [3.05, 3.63) is 41.0 Å². The number of fused-ring (bicyclic) bond motifs is 3. The molecule has 17 heteroatoms. The highest BCUT2D eigenvalue weighted by Gasteiger charge is 2.49. The summed E-state index contributed by atoms with van der Waals surface area (Å²) in [6.45, 7) is 4.23. The molecular weight excluding hydrogens is 712 g/mol. The molecule has 3 aliphatic rings. The molecule has 1 amide bonds. The maximum absolute atomic E-state index is 17.2. The fourth-order valence-electron chi connectivity index (χ4n) is 8.13. The first-order valence-electron chi connectivity index (χ1n) is 16.9. The van der Waals surface area contributed by atoms with Crippen LogP contribution in [0.25, 0.3) is 32.1 Å². The average Bonchev–Trinajstić information content (AvgIpc) is 3.74. The SMILES string of the molecule is CC1CN(c2nc(OCC34CCCN3CC(F)C4)nc3c(F)c(-c4ccc(F)c5sc(N)c(C#N)c45)c(C(F)(F)F)cc23)C(C)CN1C(=O)CCO. The number of benzene rings is 2. The molecule has 4 unspecified atom stereocenters. The van der Waals surface area contributed by atoms with Crippen molar-refractivity contribution in [1.82, 2.24) is 19.8 Å². The Hall–Kier alpha value is -4.40. The zero-order valence-corrected chi connectivity index (χ0v) is 29.1. The molecule has 5 heterocycles. The number of ether oxygens (including phenoxy) is 1. The van der Waals surface area contributed by atoms with Crippen molar-refractivity contribution in [2.24, 2.45) is 0 Å². The molecule has 0 spiro atoms. The lowest BCUT2D eigenvalue weighted by Gasteiger charge is -2.45. The first-order valence-corrected chi connectivity index (χ1v) is 17.7. The molecule has 0 radical (unpaired) electrons. The quantitative estimate of drug-likeness (QED) is 0.218. The lowest BCUT2D eigenvalue weighted by molar-refractivity contribution is -0.137. The van der Waals surface area contributed by atoms with Crippen LogP contribution >= 0.6 is 11.3 Å². The van der Waals surface area contributed by atoms with Gasteiger partial charge in [0.15, 0.2) is 5.82 Å². The number of nitrogens with zero attached hydrogens (tertiary/aromatic N) is 6. The van der Waals surface area contributed by atoms with Crippen molar-refractivity contribution in [2.45, 2.75) is 69.5 Å². The van der Waals surface area contributed by atoms with Crippen molar-refractivity contribution in [1.29, 1.82) is 5.26 Å². The second kappa shape index (κ2) is 13.2. The third kappa shape index (κ3) is 5.94. The average molecular weight is 748 g/mol. The number of hydrogen-bond acceptors (Lipinski definition) is 10. The standard InChI is InChI=1S/C35H35F6N7O3S/c1-17-14-48(18(2)13-47(17)25(50)6-9-49)32-21-10-23(35(39,40)41)27(20-4-5-24(37)30-26(20)22(12-42)31(43)52-30)28(38)29(21)44-33(45-32)51-16-34-7-3-8-46(34)15-19(36)11-34/h4-5,10,17-19,49H,3,6-9,11,13-16,43H2,1-2H3. The van der Waals surface area contributed by atoms with Crippen molar-refractivity contribution in [3.8, 4) is 23.2 Å². The maximum atomic E-state index is 17.2. The van der Waals surface area contributed by atoms with Gasteiger partial charge in [0.05, 0.1) is 28.0 Å². The Kier molecular flexibility index (Phi) is 9.15. The van der Waals surface area contributed by atoms with Gasteiger partial charge in [-0.1, -0.05) is 6.07 Å². The topological polar surface area (TPSA) is 132 Å². The number of halogens is 6. The summed E-state index contributed by atoms with van der Waals surface area (Å²) in [7, 11) is 0. The van der Waals surface area contributed by atoms with E-state index in [1.807, 2.05) is 11.0 Å². The molecule has 2 aromatic carbocycles. The number of amides is 1. The predicted octanol–water partition coefficient (Wildman–Crippen LogP) is 6.03. The molecule has 2 aromatic heterocycles. The third-order valence-electron chi connectivity index (χ3n) is 10.5. The van der Waals surface area contributed by atoms with E-state index in [0.717, 1.165) is 24.6 Å². The number of hydrogen-bond donors (Lipinski definition) is 2. The minimum absolute atomic E-state index is 0.0405. The summed E-state index contributed by atoms with van der Waals surface area (Å²) in [5.74, 6) is -2.60. The number of nitrogens with two attached hydrogens (primary N) is 1. The smallest absolute Gasteiger partial charge is 0.417 e. The van der Waals surface area contributed by atoms with Crippen LogP contribution in [0.2, 0.25) is 0 Å². The summed E-state index contributed by atoms with van der Waals surface area (Å²) in [6, 6.07) is 3.10. The molecular formula is C35H35F6N7O3S. The minimum atomic E-state index is -5.14. The predicted molar refractivity (Wildman–Crippen MR) is 183 cm³/mol. The summed E-state index contributed by atoms with van der Waals surface area (Å²) >= 11 is 0.668. The number of aliphatic hydroxyl groups excluding tert-OH is 1. The highest BCUT2D eigenvalue weighted by Crippen LogP contribution is 2.48. The van der Waals surface area contributed by atoms with E-state index in [9.17, 15) is 23.9 Å². The van der Waals surface area contributed by atoms with Gasteiger partial charge in [-0.3, -0.25) is 9.69 Å². The van der Waals surface area contributed by atoms with Gasteiger partial charge in [0.1, 0.15) is 41.0 Å². The number of anilines is 2. The minimum Gasteiger partial charge on any atom is -0.461 e. The van der Waals surface area contributed by atoms with Crippen LogP contribution in [0.1, 0.15) is 50.7 Å². The van der Waals surface area contributed by atoms with Crippen LogP contribution in [0, 0.1) is 23.0 Å². The largest absolute Gasteiger partial charge is 0.461 e. The molecule has 3 N–H and O–H groups in total. The number of thiophene rings is 1. The van der Waals surface area contributed by atoms with E-state index in [0.29, 0.717) is 24.3 Å². The maximum Gasteiger partial charge on any atom is 0.417 e. The summed E-state index contributed by atoms with van der Waals surface area (Å²) < 4.78 is 97.8. The molecule has 7 rings (SSSR count). The van der Waals surface area contributed by atoms with Gasteiger partial charge < -0.3 is 25.4 Å². The molecule has 0 aliphatic carbocycles. The van der Waals surface area contributed by atoms with E-state index < -0.39 is 63.8 Å². The van der Waals surface area contributed by atoms with E-state index >= 15 is 17.6 Å². The number of aliphatic hydroxyl groups is 1. The number of aromatic nitrogens is 2. The highest BCUT2D eigenvalue weighted by molar-refractivity contribution is 7.23. The van der Waals surface area contributed by atoms with Crippen LogP contribution in [-0.4, -0.2) is 94.0 Å². The van der Waals surface area contributed by atoms with Crippen LogP contribution in [0.5, 0.6) is 6.01 Å². The molecule has 0 bridgehead atoms. The molecule has 10 nitrogen and oxygen atoms in total. The van der Waals surface area contributed by atoms with E-state index in [4.69, 9.17) is 10.5 Å². The van der Waals surface area contributed by atoms with E-state index in [1.54, 1.807) is 23.6 Å². The van der Waals surface area contributed by atoms with Crippen LogP contribution in [0.3, 0.4) is 0 Å². The molecule has 3 saturated heterocycles. The monoisotopic (exact) mass is 747 g/mol. The normalized spacial score (nSPS) is 23.8. The van der Waals surface area contributed by atoms with Crippen LogP contribution in [0.15, 0.2) is 18.2 Å². The fraction of sp³-hybridized carbons (Fsp3) is 0.486. The number of alkyl halides is 4. The summed E-state index contributed by atoms with van der Waals surface area (Å²) in [5.41, 5.74) is 1.76. The first kappa shape index (κ1) is 36.0. The zero-order valence-electron chi connectivity index (χ0n) is 28.2. The Morgan fingerprint density at radius 3 is 2.67 bits per heavy atom. The Labute approximate surface area is 298 Å². The van der Waals surface area contributed by atoms with E-state index in [1.165, 1.54) is 0 Å². The number of nitrogen functional groups attached to an aromatic ring is 1. The van der Waals surface area contributed by atoms with Gasteiger partial charge in [-0.25, -0.2) is 13.2 Å². The van der Waals surface area contributed by atoms with E-state index in [-0.39, 0.29) is 89.5 Å². The van der Waals surface area contributed by atoms with Crippen LogP contribution in [-0.2, 0) is 11.0 Å².